The van der Waals surface area contributed by atoms with Crippen LogP contribution in [0.1, 0.15) is 45.2 Å². The highest BCUT2D eigenvalue weighted by molar-refractivity contribution is 7.07. The van der Waals surface area contributed by atoms with Crippen LogP contribution in [0.25, 0.3) is 0 Å². The molecule has 4 nitrogen and oxygen atoms in total. The van der Waals surface area contributed by atoms with Gasteiger partial charge in [-0.25, -0.2) is 0 Å². The van der Waals surface area contributed by atoms with Gasteiger partial charge in [0, 0.05) is 20.1 Å². The maximum absolute atomic E-state index is 4.30. The van der Waals surface area contributed by atoms with Crippen molar-refractivity contribution >= 4 is 17.3 Å². The normalized spacial score (nSPS) is 13.5. The summed E-state index contributed by atoms with van der Waals surface area (Å²) in [5.41, 5.74) is 1.39. The first kappa shape index (κ1) is 18.0. The van der Waals surface area contributed by atoms with Gasteiger partial charge >= 0.3 is 0 Å². The zero-order valence-electron chi connectivity index (χ0n) is 13.9. The summed E-state index contributed by atoms with van der Waals surface area (Å²) >= 11 is 1.76. The minimum atomic E-state index is 0.399. The molecule has 1 heterocycles. The summed E-state index contributed by atoms with van der Waals surface area (Å²) in [7, 11) is 1.83. The highest BCUT2D eigenvalue weighted by atomic mass is 32.1. The third-order valence-electron chi connectivity index (χ3n) is 3.69. The minimum absolute atomic E-state index is 0.399. The molecule has 21 heavy (non-hydrogen) atoms. The van der Waals surface area contributed by atoms with E-state index in [1.807, 2.05) is 7.05 Å². The Balaban J connectivity index is 2.60. The van der Waals surface area contributed by atoms with Crippen molar-refractivity contribution in [2.75, 3.05) is 33.2 Å². The van der Waals surface area contributed by atoms with Crippen LogP contribution < -0.4 is 10.6 Å². The lowest BCUT2D eigenvalue weighted by molar-refractivity contribution is 0.219. The van der Waals surface area contributed by atoms with E-state index in [0.717, 1.165) is 32.1 Å². The Morgan fingerprint density at radius 1 is 1.29 bits per heavy atom. The minimum Gasteiger partial charge on any atom is -0.356 e. The lowest BCUT2D eigenvalue weighted by Gasteiger charge is -2.30. The molecule has 5 heteroatoms. The Morgan fingerprint density at radius 2 is 2.05 bits per heavy atom. The van der Waals surface area contributed by atoms with Gasteiger partial charge in [-0.2, -0.15) is 11.3 Å². The third kappa shape index (κ3) is 6.06. The van der Waals surface area contributed by atoms with Crippen LogP contribution in [0, 0.1) is 0 Å². The molecule has 1 atom stereocenters. The molecule has 0 aliphatic heterocycles. The van der Waals surface area contributed by atoms with Gasteiger partial charge in [0.15, 0.2) is 5.96 Å². The molecule has 0 fully saturated rings. The molecule has 1 rings (SSSR count). The lowest BCUT2D eigenvalue weighted by atomic mass is 10.1. The van der Waals surface area contributed by atoms with Crippen LogP contribution in [0.2, 0.25) is 0 Å². The Bertz CT molecular complexity index is 385. The number of aliphatic imine (C=N–C) groups is 1. The van der Waals surface area contributed by atoms with Crippen molar-refractivity contribution in [3.63, 3.8) is 0 Å². The predicted molar refractivity (Wildman–Crippen MR) is 94.3 cm³/mol. The van der Waals surface area contributed by atoms with Crippen LogP contribution >= 0.6 is 11.3 Å². The number of likely N-dealkylation sites (N-methyl/N-ethyl adjacent to an activating group) is 1. The molecule has 1 aromatic rings. The SMILES string of the molecule is CCCCNC(=NC)NCC(c1ccsc1)N(CC)CC. The number of nitrogens with one attached hydrogen (secondary N) is 2. The summed E-state index contributed by atoms with van der Waals surface area (Å²) in [6.45, 7) is 10.6. The predicted octanol–water partition coefficient (Wildman–Crippen LogP) is 3.10. The highest BCUT2D eigenvalue weighted by Gasteiger charge is 2.18. The summed E-state index contributed by atoms with van der Waals surface area (Å²) in [6.07, 6.45) is 2.37. The smallest absolute Gasteiger partial charge is 0.191 e. The van der Waals surface area contributed by atoms with Crippen LogP contribution in [0.4, 0.5) is 0 Å². The first-order valence-electron chi connectivity index (χ1n) is 7.97. The molecule has 120 valence electrons. The van der Waals surface area contributed by atoms with E-state index in [0.29, 0.717) is 6.04 Å². The molecule has 1 aromatic heterocycles. The van der Waals surface area contributed by atoms with Crippen molar-refractivity contribution in [2.24, 2.45) is 4.99 Å². The van der Waals surface area contributed by atoms with E-state index in [4.69, 9.17) is 0 Å². The van der Waals surface area contributed by atoms with Gasteiger partial charge in [-0.15, -0.1) is 0 Å². The molecular formula is C16H30N4S. The van der Waals surface area contributed by atoms with Crippen LogP contribution in [0.3, 0.4) is 0 Å². The number of nitrogens with zero attached hydrogens (tertiary/aromatic N) is 2. The Morgan fingerprint density at radius 3 is 2.57 bits per heavy atom. The maximum atomic E-state index is 4.30. The molecule has 0 amide bonds. The molecule has 0 aromatic carbocycles. The van der Waals surface area contributed by atoms with E-state index < -0.39 is 0 Å². The van der Waals surface area contributed by atoms with E-state index in [1.54, 1.807) is 11.3 Å². The van der Waals surface area contributed by atoms with Gasteiger partial charge in [-0.3, -0.25) is 9.89 Å². The second kappa shape index (κ2) is 10.6. The lowest BCUT2D eigenvalue weighted by Crippen LogP contribution is -2.43. The van der Waals surface area contributed by atoms with Crippen molar-refractivity contribution in [1.29, 1.82) is 0 Å². The second-order valence-corrected chi connectivity index (χ2v) is 5.81. The average molecular weight is 311 g/mol. The fourth-order valence-electron chi connectivity index (χ4n) is 2.38. The Kier molecular flexibility index (Phi) is 9.10. The number of rotatable bonds is 9. The monoisotopic (exact) mass is 310 g/mol. The van der Waals surface area contributed by atoms with Gasteiger partial charge in [0.25, 0.3) is 0 Å². The summed E-state index contributed by atoms with van der Waals surface area (Å²) < 4.78 is 0. The highest BCUT2D eigenvalue weighted by Crippen LogP contribution is 2.22. The molecule has 1 unspecified atom stereocenters. The molecule has 0 bridgehead atoms. The molecule has 0 saturated heterocycles. The molecule has 0 aliphatic carbocycles. The zero-order chi connectivity index (χ0) is 15.5. The number of thiophene rings is 1. The van der Waals surface area contributed by atoms with Gasteiger partial charge in [-0.1, -0.05) is 27.2 Å². The van der Waals surface area contributed by atoms with Crippen molar-refractivity contribution in [1.82, 2.24) is 15.5 Å². The van der Waals surface area contributed by atoms with Gasteiger partial charge in [0.2, 0.25) is 0 Å². The van der Waals surface area contributed by atoms with Crippen molar-refractivity contribution in [3.05, 3.63) is 22.4 Å². The van der Waals surface area contributed by atoms with E-state index >= 15 is 0 Å². The van der Waals surface area contributed by atoms with Crippen LogP contribution in [0.5, 0.6) is 0 Å². The Hall–Kier alpha value is -1.07. The number of unbranched alkanes of at least 4 members (excludes halogenated alkanes) is 1. The molecule has 0 radical (unpaired) electrons. The number of hydrogen-bond acceptors (Lipinski definition) is 3. The quantitative estimate of drug-likeness (QED) is 0.418. The zero-order valence-corrected chi connectivity index (χ0v) is 14.7. The van der Waals surface area contributed by atoms with Crippen LogP contribution in [-0.4, -0.2) is 44.1 Å². The fourth-order valence-corrected chi connectivity index (χ4v) is 3.09. The first-order chi connectivity index (χ1) is 10.3. The number of guanidine groups is 1. The van der Waals surface area contributed by atoms with Crippen molar-refractivity contribution in [2.45, 2.75) is 39.7 Å². The van der Waals surface area contributed by atoms with Crippen molar-refractivity contribution < 1.29 is 0 Å². The van der Waals surface area contributed by atoms with E-state index in [9.17, 15) is 0 Å². The fraction of sp³-hybridized carbons (Fsp3) is 0.688. The number of hydrogen-bond donors (Lipinski definition) is 2. The summed E-state index contributed by atoms with van der Waals surface area (Å²) in [4.78, 5) is 6.78. The van der Waals surface area contributed by atoms with Crippen molar-refractivity contribution in [3.8, 4) is 0 Å². The van der Waals surface area contributed by atoms with E-state index in [1.165, 1.54) is 18.4 Å². The molecule has 0 saturated carbocycles. The molecule has 0 aliphatic rings. The van der Waals surface area contributed by atoms with Crippen LogP contribution in [0.15, 0.2) is 21.8 Å². The summed E-state index contributed by atoms with van der Waals surface area (Å²) in [6, 6.07) is 2.62. The van der Waals surface area contributed by atoms with Gasteiger partial charge < -0.3 is 10.6 Å². The van der Waals surface area contributed by atoms with Gasteiger partial charge in [0.05, 0.1) is 6.04 Å². The molecular weight excluding hydrogens is 280 g/mol. The van der Waals surface area contributed by atoms with Crippen LogP contribution in [-0.2, 0) is 0 Å². The topological polar surface area (TPSA) is 39.7 Å². The van der Waals surface area contributed by atoms with E-state index in [-0.39, 0.29) is 0 Å². The third-order valence-corrected chi connectivity index (χ3v) is 4.39. The average Bonchev–Trinajstić information content (AvgIpc) is 3.03. The summed E-state index contributed by atoms with van der Waals surface area (Å²) in [5.74, 6) is 0.899. The van der Waals surface area contributed by atoms with Gasteiger partial charge in [0.1, 0.15) is 0 Å². The standard InChI is InChI=1S/C16H30N4S/c1-5-8-10-18-16(17-4)19-12-15(20(6-2)7-3)14-9-11-21-13-14/h9,11,13,15H,5-8,10,12H2,1-4H3,(H2,17,18,19). The second-order valence-electron chi connectivity index (χ2n) is 5.03. The molecule has 0 spiro atoms. The first-order valence-corrected chi connectivity index (χ1v) is 8.91. The van der Waals surface area contributed by atoms with Gasteiger partial charge in [-0.05, 0) is 41.9 Å². The molecule has 2 N–H and O–H groups in total. The Labute approximate surface area is 133 Å². The largest absolute Gasteiger partial charge is 0.356 e. The maximum Gasteiger partial charge on any atom is 0.191 e. The summed E-state index contributed by atoms with van der Waals surface area (Å²) in [5, 5.41) is 11.2. The van der Waals surface area contributed by atoms with E-state index in [2.05, 4.69) is 58.1 Å².